The summed E-state index contributed by atoms with van der Waals surface area (Å²) in [7, 11) is 0. The van der Waals surface area contributed by atoms with Crippen molar-refractivity contribution in [1.82, 2.24) is 10.3 Å². The van der Waals surface area contributed by atoms with E-state index in [0.29, 0.717) is 17.1 Å². The minimum Gasteiger partial charge on any atom is -0.340 e. The Labute approximate surface area is 205 Å². The molecule has 0 saturated heterocycles. The second kappa shape index (κ2) is 13.8. The smallest absolute Gasteiger partial charge is 0.251 e. The van der Waals surface area contributed by atoms with E-state index in [9.17, 15) is 9.59 Å². The van der Waals surface area contributed by atoms with Gasteiger partial charge in [0.25, 0.3) is 5.91 Å². The maximum atomic E-state index is 13.0. The van der Waals surface area contributed by atoms with Crippen LogP contribution in [0.4, 0.5) is 5.13 Å². The second-order valence-corrected chi connectivity index (χ2v) is 9.62. The summed E-state index contributed by atoms with van der Waals surface area (Å²) < 4.78 is 0. The third-order valence-electron chi connectivity index (χ3n) is 5.01. The van der Waals surface area contributed by atoms with Crippen LogP contribution in [0.2, 0.25) is 0 Å². The molecule has 2 aromatic rings. The molecule has 1 unspecified atom stereocenters. The molecule has 0 radical (unpaired) electrons. The lowest BCUT2D eigenvalue weighted by Gasteiger charge is -2.18. The maximum absolute atomic E-state index is 13.0. The minimum absolute atomic E-state index is 0.272. The molecule has 1 heterocycles. The molecular weight excluding hydrogens is 450 g/mol. The predicted molar refractivity (Wildman–Crippen MR) is 143 cm³/mol. The molecule has 1 aromatic heterocycles. The van der Waals surface area contributed by atoms with Gasteiger partial charge in [0.2, 0.25) is 5.91 Å². The fraction of sp³-hybridized carbons (Fsp3) is 0.346. The highest BCUT2D eigenvalue weighted by atomic mass is 32.2. The van der Waals surface area contributed by atoms with Gasteiger partial charge in [-0.25, -0.2) is 4.98 Å². The zero-order chi connectivity index (χ0) is 24.2. The van der Waals surface area contributed by atoms with Crippen LogP contribution < -0.4 is 10.6 Å². The molecule has 0 aliphatic carbocycles. The highest BCUT2D eigenvalue weighted by molar-refractivity contribution is 7.98. The van der Waals surface area contributed by atoms with Crippen LogP contribution in [-0.2, 0) is 9.59 Å². The molecule has 0 bridgehead atoms. The Kier molecular flexibility index (Phi) is 11.1. The van der Waals surface area contributed by atoms with Crippen LogP contribution >= 0.6 is 23.1 Å². The van der Waals surface area contributed by atoms with Crippen LogP contribution in [0.15, 0.2) is 71.2 Å². The SMILES string of the molecule is C=C/C(=C\C(CCC)=C(C)C)C(=O)NC(CCSC)C(=O)Nc1nc(-c2ccccc2)cs1. The first-order valence-electron chi connectivity index (χ1n) is 11.0. The van der Waals surface area contributed by atoms with E-state index in [-0.39, 0.29) is 11.8 Å². The van der Waals surface area contributed by atoms with E-state index in [4.69, 9.17) is 0 Å². The number of hydrogen-bond acceptors (Lipinski definition) is 5. The van der Waals surface area contributed by atoms with Gasteiger partial charge >= 0.3 is 0 Å². The van der Waals surface area contributed by atoms with Crippen LogP contribution in [0.3, 0.4) is 0 Å². The van der Waals surface area contributed by atoms with Crippen LogP contribution in [0.25, 0.3) is 11.3 Å². The zero-order valence-corrected chi connectivity index (χ0v) is 21.4. The molecule has 0 spiro atoms. The van der Waals surface area contributed by atoms with E-state index < -0.39 is 6.04 Å². The van der Waals surface area contributed by atoms with Crippen molar-refractivity contribution < 1.29 is 9.59 Å². The monoisotopic (exact) mass is 483 g/mol. The number of aromatic nitrogens is 1. The molecule has 0 aliphatic rings. The van der Waals surface area contributed by atoms with Gasteiger partial charge in [0.1, 0.15) is 6.04 Å². The number of benzene rings is 1. The zero-order valence-electron chi connectivity index (χ0n) is 19.8. The van der Waals surface area contributed by atoms with Crippen molar-refractivity contribution in [3.63, 3.8) is 0 Å². The van der Waals surface area contributed by atoms with E-state index in [1.807, 2.05) is 61.9 Å². The number of thiazole rings is 1. The molecule has 0 fully saturated rings. The number of hydrogen-bond donors (Lipinski definition) is 2. The van der Waals surface area contributed by atoms with Crippen molar-refractivity contribution in [2.45, 2.75) is 46.1 Å². The van der Waals surface area contributed by atoms with Gasteiger partial charge in [-0.15, -0.1) is 11.3 Å². The van der Waals surface area contributed by atoms with Crippen molar-refractivity contribution in [2.24, 2.45) is 0 Å². The number of allylic oxidation sites excluding steroid dienone is 3. The van der Waals surface area contributed by atoms with E-state index in [1.165, 1.54) is 16.9 Å². The van der Waals surface area contributed by atoms with Crippen molar-refractivity contribution in [3.8, 4) is 11.3 Å². The molecule has 33 heavy (non-hydrogen) atoms. The van der Waals surface area contributed by atoms with Crippen LogP contribution in [0.5, 0.6) is 0 Å². The quantitative estimate of drug-likeness (QED) is 0.277. The summed E-state index contributed by atoms with van der Waals surface area (Å²) in [6.45, 7) is 9.98. The standard InChI is InChI=1S/C26H33N3O2S2/c1-6-11-21(18(3)4)16-19(7-2)24(30)27-22(14-15-32-5)25(31)29-26-28-23(17-33-26)20-12-9-8-10-13-20/h7-10,12-13,16-17,22H,2,6,11,14-15H2,1,3-5H3,(H,27,30)(H,28,29,31)/b19-16+. The molecule has 1 aromatic carbocycles. The molecule has 2 amide bonds. The van der Waals surface area contributed by atoms with E-state index in [2.05, 4.69) is 29.1 Å². The van der Waals surface area contributed by atoms with Crippen LogP contribution in [-0.4, -0.2) is 34.8 Å². The number of nitrogens with zero attached hydrogens (tertiary/aromatic N) is 1. The Bertz CT molecular complexity index is 1010. The van der Waals surface area contributed by atoms with Crippen molar-refractivity contribution >= 4 is 40.0 Å². The molecule has 1 atom stereocenters. The summed E-state index contributed by atoms with van der Waals surface area (Å²) in [5.74, 6) is 0.171. The lowest BCUT2D eigenvalue weighted by molar-refractivity contribution is -0.124. The molecule has 5 nitrogen and oxygen atoms in total. The lowest BCUT2D eigenvalue weighted by atomic mass is 10.0. The lowest BCUT2D eigenvalue weighted by Crippen LogP contribution is -2.44. The van der Waals surface area contributed by atoms with Crippen molar-refractivity contribution in [1.29, 1.82) is 0 Å². The van der Waals surface area contributed by atoms with E-state index in [1.54, 1.807) is 17.8 Å². The second-order valence-electron chi connectivity index (χ2n) is 7.78. The van der Waals surface area contributed by atoms with Crippen LogP contribution in [0, 0.1) is 0 Å². The number of rotatable bonds is 12. The fourth-order valence-electron chi connectivity index (χ4n) is 3.15. The number of carbonyl (C=O) groups excluding carboxylic acids is 2. The molecular formula is C26H33N3O2S2. The van der Waals surface area contributed by atoms with Gasteiger partial charge in [-0.05, 0) is 50.3 Å². The average Bonchev–Trinajstić information content (AvgIpc) is 3.28. The largest absolute Gasteiger partial charge is 0.340 e. The molecule has 2 rings (SSSR count). The number of carbonyl (C=O) groups is 2. The Hall–Kier alpha value is -2.64. The Morgan fingerprint density at radius 1 is 1.24 bits per heavy atom. The van der Waals surface area contributed by atoms with Gasteiger partial charge in [-0.2, -0.15) is 11.8 Å². The minimum atomic E-state index is -0.668. The van der Waals surface area contributed by atoms with Gasteiger partial charge in [0.05, 0.1) is 5.69 Å². The van der Waals surface area contributed by atoms with Gasteiger partial charge in [0, 0.05) is 16.5 Å². The Balaban J connectivity index is 2.15. The van der Waals surface area contributed by atoms with E-state index in [0.717, 1.165) is 35.4 Å². The number of anilines is 1. The first-order valence-corrected chi connectivity index (χ1v) is 13.3. The third-order valence-corrected chi connectivity index (χ3v) is 6.41. The van der Waals surface area contributed by atoms with Crippen molar-refractivity contribution in [3.05, 3.63) is 71.2 Å². The first kappa shape index (κ1) is 26.6. The van der Waals surface area contributed by atoms with Crippen LogP contribution in [0.1, 0.15) is 40.0 Å². The average molecular weight is 484 g/mol. The van der Waals surface area contributed by atoms with Gasteiger partial charge in [0.15, 0.2) is 5.13 Å². The summed E-state index contributed by atoms with van der Waals surface area (Å²) in [6, 6.07) is 9.14. The fourth-order valence-corrected chi connectivity index (χ4v) is 4.35. The summed E-state index contributed by atoms with van der Waals surface area (Å²) in [4.78, 5) is 30.5. The maximum Gasteiger partial charge on any atom is 0.251 e. The molecule has 2 N–H and O–H groups in total. The first-order chi connectivity index (χ1) is 15.9. The summed E-state index contributed by atoms with van der Waals surface area (Å²) >= 11 is 3.00. The number of amides is 2. The Morgan fingerprint density at radius 3 is 2.58 bits per heavy atom. The highest BCUT2D eigenvalue weighted by Gasteiger charge is 2.23. The van der Waals surface area contributed by atoms with Crippen molar-refractivity contribution in [2.75, 3.05) is 17.3 Å². The molecule has 0 aliphatic heterocycles. The van der Waals surface area contributed by atoms with E-state index >= 15 is 0 Å². The Morgan fingerprint density at radius 2 is 1.97 bits per heavy atom. The normalized spacial score (nSPS) is 12.1. The van der Waals surface area contributed by atoms with Gasteiger partial charge in [-0.1, -0.05) is 61.9 Å². The molecule has 176 valence electrons. The number of nitrogens with one attached hydrogen (secondary N) is 2. The number of thioether (sulfide) groups is 1. The summed E-state index contributed by atoms with van der Waals surface area (Å²) in [5.41, 5.74) is 4.54. The highest BCUT2D eigenvalue weighted by Crippen LogP contribution is 2.25. The third kappa shape index (κ3) is 8.33. The molecule has 7 heteroatoms. The predicted octanol–water partition coefficient (Wildman–Crippen LogP) is 6.24. The summed E-state index contributed by atoms with van der Waals surface area (Å²) in [6.07, 6.45) is 7.79. The van der Waals surface area contributed by atoms with Gasteiger partial charge < -0.3 is 10.6 Å². The van der Waals surface area contributed by atoms with Gasteiger partial charge in [-0.3, -0.25) is 9.59 Å². The summed E-state index contributed by atoms with van der Waals surface area (Å²) in [5, 5.41) is 8.19. The topological polar surface area (TPSA) is 71.1 Å². The molecule has 0 saturated carbocycles.